The number of fused-ring (bicyclic) bond motifs is 1. The Labute approximate surface area is 125 Å². The van der Waals surface area contributed by atoms with Crippen LogP contribution in [0.3, 0.4) is 0 Å². The Hall–Kier alpha value is -2.09. The van der Waals surface area contributed by atoms with Crippen molar-refractivity contribution in [2.24, 2.45) is 0 Å². The Morgan fingerprint density at radius 2 is 1.86 bits per heavy atom. The Balaban J connectivity index is 1.95. The first-order chi connectivity index (χ1) is 10.2. The van der Waals surface area contributed by atoms with Crippen LogP contribution in [-0.2, 0) is 4.74 Å². The number of rotatable bonds is 7. The van der Waals surface area contributed by atoms with Gasteiger partial charge < -0.3 is 15.0 Å². The molecule has 0 saturated heterocycles. The molecule has 110 valence electrons. The van der Waals surface area contributed by atoms with Crippen molar-refractivity contribution >= 4 is 16.5 Å². The summed E-state index contributed by atoms with van der Waals surface area (Å²) >= 11 is 0. The molecular formula is C17H21N3O. The zero-order chi connectivity index (χ0) is 15.1. The Morgan fingerprint density at radius 1 is 1.10 bits per heavy atom. The van der Waals surface area contributed by atoms with Crippen molar-refractivity contribution in [1.82, 2.24) is 4.90 Å². The lowest BCUT2D eigenvalue weighted by Crippen LogP contribution is -2.20. The molecule has 0 aliphatic carbocycles. The number of hydrogen-bond acceptors (Lipinski definition) is 4. The molecule has 0 atom stereocenters. The molecule has 0 aliphatic heterocycles. The van der Waals surface area contributed by atoms with Crippen molar-refractivity contribution in [2.45, 2.75) is 0 Å². The molecule has 0 saturated carbocycles. The van der Waals surface area contributed by atoms with Crippen LogP contribution in [-0.4, -0.2) is 45.3 Å². The van der Waals surface area contributed by atoms with Crippen LogP contribution < -0.4 is 5.32 Å². The summed E-state index contributed by atoms with van der Waals surface area (Å²) in [6.45, 7) is 3.09. The first-order valence-corrected chi connectivity index (χ1v) is 7.10. The standard InChI is InChI=1S/C17H21N3O/c1-20(2)10-12-21-11-9-19-17-8-7-14(13-18)15-5-3-4-6-16(15)17/h3-8,19H,9-12H2,1-2H3. The smallest absolute Gasteiger partial charge is 0.0998 e. The van der Waals surface area contributed by atoms with Crippen LogP contribution in [0.5, 0.6) is 0 Å². The van der Waals surface area contributed by atoms with E-state index in [1.54, 1.807) is 0 Å². The summed E-state index contributed by atoms with van der Waals surface area (Å²) in [5.74, 6) is 0. The van der Waals surface area contributed by atoms with Gasteiger partial charge in [0, 0.05) is 29.5 Å². The zero-order valence-electron chi connectivity index (χ0n) is 12.6. The summed E-state index contributed by atoms with van der Waals surface area (Å²) in [6, 6.07) is 14.0. The average molecular weight is 283 g/mol. The topological polar surface area (TPSA) is 48.3 Å². The predicted molar refractivity (Wildman–Crippen MR) is 86.5 cm³/mol. The fourth-order valence-corrected chi connectivity index (χ4v) is 2.16. The van der Waals surface area contributed by atoms with Crippen molar-refractivity contribution in [3.63, 3.8) is 0 Å². The van der Waals surface area contributed by atoms with E-state index in [2.05, 4.69) is 16.3 Å². The summed E-state index contributed by atoms with van der Waals surface area (Å²) in [6.07, 6.45) is 0. The molecule has 0 aromatic heterocycles. The molecule has 4 nitrogen and oxygen atoms in total. The molecule has 0 spiro atoms. The first-order valence-electron chi connectivity index (χ1n) is 7.10. The Kier molecular flexibility index (Phi) is 5.56. The molecule has 0 amide bonds. The van der Waals surface area contributed by atoms with Crippen molar-refractivity contribution in [3.8, 4) is 6.07 Å². The molecule has 2 aromatic rings. The highest BCUT2D eigenvalue weighted by molar-refractivity contribution is 5.97. The lowest BCUT2D eigenvalue weighted by atomic mass is 10.0. The van der Waals surface area contributed by atoms with E-state index in [1.807, 2.05) is 50.5 Å². The van der Waals surface area contributed by atoms with Crippen LogP contribution in [0.1, 0.15) is 5.56 Å². The van der Waals surface area contributed by atoms with Crippen molar-refractivity contribution < 1.29 is 4.74 Å². The van der Waals surface area contributed by atoms with E-state index in [0.717, 1.165) is 36.2 Å². The molecule has 0 bridgehead atoms. The van der Waals surface area contributed by atoms with E-state index >= 15 is 0 Å². The number of benzene rings is 2. The molecule has 0 unspecified atom stereocenters. The summed E-state index contributed by atoms with van der Waals surface area (Å²) in [5.41, 5.74) is 1.75. The van der Waals surface area contributed by atoms with Crippen LogP contribution >= 0.6 is 0 Å². The second-order valence-corrected chi connectivity index (χ2v) is 5.16. The third kappa shape index (κ3) is 4.19. The molecular weight excluding hydrogens is 262 g/mol. The van der Waals surface area contributed by atoms with E-state index in [4.69, 9.17) is 10.00 Å². The van der Waals surface area contributed by atoms with E-state index < -0.39 is 0 Å². The van der Waals surface area contributed by atoms with Gasteiger partial charge in [0.05, 0.1) is 24.8 Å². The lowest BCUT2D eigenvalue weighted by molar-refractivity contribution is 0.126. The maximum atomic E-state index is 9.15. The normalized spacial score (nSPS) is 10.8. The van der Waals surface area contributed by atoms with Crippen molar-refractivity contribution in [3.05, 3.63) is 42.0 Å². The van der Waals surface area contributed by atoms with Gasteiger partial charge in [-0.15, -0.1) is 0 Å². The van der Waals surface area contributed by atoms with E-state index in [9.17, 15) is 0 Å². The van der Waals surface area contributed by atoms with Gasteiger partial charge in [-0.05, 0) is 26.2 Å². The third-order valence-electron chi connectivity index (χ3n) is 3.29. The van der Waals surface area contributed by atoms with E-state index in [1.165, 1.54) is 0 Å². The predicted octanol–water partition coefficient (Wildman–Crippen LogP) is 2.70. The maximum absolute atomic E-state index is 9.15. The monoisotopic (exact) mass is 283 g/mol. The van der Waals surface area contributed by atoms with Gasteiger partial charge in [0.1, 0.15) is 0 Å². The van der Waals surface area contributed by atoms with Gasteiger partial charge in [-0.3, -0.25) is 0 Å². The molecule has 2 rings (SSSR count). The summed E-state index contributed by atoms with van der Waals surface area (Å²) in [4.78, 5) is 2.10. The van der Waals surface area contributed by atoms with Crippen molar-refractivity contribution in [2.75, 3.05) is 45.7 Å². The molecule has 21 heavy (non-hydrogen) atoms. The van der Waals surface area contributed by atoms with Gasteiger partial charge in [0.2, 0.25) is 0 Å². The Bertz CT molecular complexity index is 631. The molecule has 1 N–H and O–H groups in total. The van der Waals surface area contributed by atoms with Gasteiger partial charge in [-0.25, -0.2) is 0 Å². The second kappa shape index (κ2) is 7.63. The van der Waals surface area contributed by atoms with Gasteiger partial charge >= 0.3 is 0 Å². The van der Waals surface area contributed by atoms with Gasteiger partial charge in [0.15, 0.2) is 0 Å². The van der Waals surface area contributed by atoms with Crippen LogP contribution in [0.4, 0.5) is 5.69 Å². The van der Waals surface area contributed by atoms with Gasteiger partial charge in [-0.1, -0.05) is 24.3 Å². The second-order valence-electron chi connectivity index (χ2n) is 5.16. The summed E-state index contributed by atoms with van der Waals surface area (Å²) in [5, 5.41) is 14.6. The minimum atomic E-state index is 0.669. The molecule has 0 fully saturated rings. The number of nitrogens with zero attached hydrogens (tertiary/aromatic N) is 2. The largest absolute Gasteiger partial charge is 0.382 e. The van der Waals surface area contributed by atoms with Gasteiger partial charge in [0.25, 0.3) is 0 Å². The third-order valence-corrected chi connectivity index (χ3v) is 3.29. The lowest BCUT2D eigenvalue weighted by Gasteiger charge is -2.12. The van der Waals surface area contributed by atoms with Crippen LogP contribution in [0.2, 0.25) is 0 Å². The number of hydrogen-bond donors (Lipinski definition) is 1. The number of anilines is 1. The number of nitriles is 1. The molecule has 0 heterocycles. The van der Waals surface area contributed by atoms with Gasteiger partial charge in [-0.2, -0.15) is 5.26 Å². The number of likely N-dealkylation sites (N-methyl/N-ethyl adjacent to an activating group) is 1. The fraction of sp³-hybridized carbons (Fsp3) is 0.353. The molecule has 0 aliphatic rings. The summed E-state index contributed by atoms with van der Waals surface area (Å²) < 4.78 is 5.57. The highest BCUT2D eigenvalue weighted by Gasteiger charge is 2.04. The van der Waals surface area contributed by atoms with Crippen LogP contribution in [0.15, 0.2) is 36.4 Å². The highest BCUT2D eigenvalue weighted by atomic mass is 16.5. The quantitative estimate of drug-likeness (QED) is 0.794. The minimum Gasteiger partial charge on any atom is -0.382 e. The van der Waals surface area contributed by atoms with Crippen LogP contribution in [0.25, 0.3) is 10.8 Å². The number of nitrogens with one attached hydrogen (secondary N) is 1. The minimum absolute atomic E-state index is 0.669. The molecule has 0 radical (unpaired) electrons. The first kappa shape index (κ1) is 15.3. The highest BCUT2D eigenvalue weighted by Crippen LogP contribution is 2.26. The zero-order valence-corrected chi connectivity index (χ0v) is 12.6. The molecule has 4 heteroatoms. The van der Waals surface area contributed by atoms with E-state index in [-0.39, 0.29) is 0 Å². The van der Waals surface area contributed by atoms with E-state index in [0.29, 0.717) is 12.2 Å². The Morgan fingerprint density at radius 3 is 2.57 bits per heavy atom. The number of ether oxygens (including phenoxy) is 1. The summed E-state index contributed by atoms with van der Waals surface area (Å²) in [7, 11) is 4.06. The maximum Gasteiger partial charge on any atom is 0.0998 e. The average Bonchev–Trinajstić information content (AvgIpc) is 2.50. The fourth-order valence-electron chi connectivity index (χ4n) is 2.16. The van der Waals surface area contributed by atoms with Crippen molar-refractivity contribution in [1.29, 1.82) is 5.26 Å². The SMILES string of the molecule is CN(C)CCOCCNc1ccc(C#N)c2ccccc12. The molecule has 2 aromatic carbocycles. The van der Waals surface area contributed by atoms with Crippen LogP contribution in [0, 0.1) is 11.3 Å².